The third kappa shape index (κ3) is 3.26. The molecule has 1 amide bonds. The largest absolute Gasteiger partial charge is 0.502 e. The second-order valence-electron chi connectivity index (χ2n) is 4.04. The molecule has 0 aromatic heterocycles. The van der Waals surface area contributed by atoms with Gasteiger partial charge in [0.1, 0.15) is 5.82 Å². The lowest BCUT2D eigenvalue weighted by Crippen LogP contribution is -2.13. The zero-order chi connectivity index (χ0) is 15.6. The summed E-state index contributed by atoms with van der Waals surface area (Å²) in [4.78, 5) is 21.7. The smallest absolute Gasteiger partial charge is 0.310 e. The van der Waals surface area contributed by atoms with Gasteiger partial charge in [0.2, 0.25) is 0 Å². The van der Waals surface area contributed by atoms with Gasteiger partial charge in [0.25, 0.3) is 5.91 Å². The van der Waals surface area contributed by atoms with Crippen molar-refractivity contribution in [1.29, 1.82) is 0 Å². The average molecular weight is 311 g/mol. The zero-order valence-corrected chi connectivity index (χ0v) is 11.1. The van der Waals surface area contributed by atoms with Gasteiger partial charge in [0.05, 0.1) is 10.6 Å². The number of aromatic hydroxyl groups is 1. The molecule has 0 heterocycles. The van der Waals surface area contributed by atoms with Crippen molar-refractivity contribution < 1.29 is 19.2 Å². The number of carbonyl (C=O) groups excluding carboxylic acids is 1. The topological polar surface area (TPSA) is 92.5 Å². The number of nitrogens with zero attached hydrogens (tertiary/aromatic N) is 1. The molecular formula is C13H8ClFN2O4. The lowest BCUT2D eigenvalue weighted by atomic mass is 10.1. The van der Waals surface area contributed by atoms with Crippen LogP contribution in [0.15, 0.2) is 36.4 Å². The number of nitro groups is 1. The highest BCUT2D eigenvalue weighted by Crippen LogP contribution is 2.27. The Kier molecular flexibility index (Phi) is 4.04. The average Bonchev–Trinajstić information content (AvgIpc) is 2.42. The van der Waals surface area contributed by atoms with Gasteiger partial charge in [0.15, 0.2) is 5.75 Å². The Labute approximate surface area is 122 Å². The highest BCUT2D eigenvalue weighted by atomic mass is 35.5. The van der Waals surface area contributed by atoms with Crippen molar-refractivity contribution in [2.24, 2.45) is 0 Å². The molecular weight excluding hydrogens is 303 g/mol. The van der Waals surface area contributed by atoms with Gasteiger partial charge >= 0.3 is 5.69 Å². The van der Waals surface area contributed by atoms with Crippen LogP contribution in [0.4, 0.5) is 15.8 Å². The number of hydrogen-bond donors (Lipinski definition) is 2. The summed E-state index contributed by atoms with van der Waals surface area (Å²) >= 11 is 5.69. The monoisotopic (exact) mass is 310 g/mol. The van der Waals surface area contributed by atoms with Crippen LogP contribution in [-0.2, 0) is 0 Å². The molecule has 2 N–H and O–H groups in total. The first kappa shape index (κ1) is 14.7. The molecule has 0 aliphatic carbocycles. The number of nitro benzene ring substituents is 1. The van der Waals surface area contributed by atoms with Crippen LogP contribution >= 0.6 is 11.6 Å². The number of carbonyl (C=O) groups is 1. The number of phenolic OH excluding ortho intramolecular Hbond substituents is 1. The molecule has 2 aromatic rings. The number of benzene rings is 2. The van der Waals surface area contributed by atoms with E-state index in [-0.39, 0.29) is 16.3 Å². The summed E-state index contributed by atoms with van der Waals surface area (Å²) in [6, 6.07) is 6.69. The number of anilines is 1. The molecule has 0 radical (unpaired) electrons. The Morgan fingerprint density at radius 3 is 2.62 bits per heavy atom. The van der Waals surface area contributed by atoms with Gasteiger partial charge in [-0.3, -0.25) is 14.9 Å². The summed E-state index contributed by atoms with van der Waals surface area (Å²) in [5.74, 6) is -2.07. The van der Waals surface area contributed by atoms with Crippen molar-refractivity contribution in [2.75, 3.05) is 5.32 Å². The summed E-state index contributed by atoms with van der Waals surface area (Å²) in [7, 11) is 0. The first-order chi connectivity index (χ1) is 9.88. The van der Waals surface area contributed by atoms with Crippen molar-refractivity contribution >= 4 is 28.9 Å². The Morgan fingerprint density at radius 1 is 1.29 bits per heavy atom. The molecule has 0 bridgehead atoms. The third-order valence-corrected chi connectivity index (χ3v) is 2.85. The van der Waals surface area contributed by atoms with Crippen LogP contribution in [0.3, 0.4) is 0 Å². The Morgan fingerprint density at radius 2 is 2.00 bits per heavy atom. The van der Waals surface area contributed by atoms with Crippen molar-refractivity contribution in [3.63, 3.8) is 0 Å². The predicted molar refractivity (Wildman–Crippen MR) is 74.1 cm³/mol. The Hall–Kier alpha value is -2.67. The molecule has 0 fully saturated rings. The van der Waals surface area contributed by atoms with Crippen LogP contribution in [0.2, 0.25) is 5.02 Å². The number of nitrogens with one attached hydrogen (secondary N) is 1. The predicted octanol–water partition coefficient (Wildman–Crippen LogP) is 3.35. The molecule has 0 unspecified atom stereocenters. The molecule has 0 saturated carbocycles. The van der Waals surface area contributed by atoms with Crippen LogP contribution < -0.4 is 5.32 Å². The minimum Gasteiger partial charge on any atom is -0.502 e. The van der Waals surface area contributed by atoms with Gasteiger partial charge in [-0.2, -0.15) is 0 Å². The number of amides is 1. The van der Waals surface area contributed by atoms with Crippen LogP contribution in [0.5, 0.6) is 5.75 Å². The van der Waals surface area contributed by atoms with Crippen LogP contribution in [-0.4, -0.2) is 15.9 Å². The van der Waals surface area contributed by atoms with Gasteiger partial charge < -0.3 is 10.4 Å². The van der Waals surface area contributed by atoms with E-state index in [0.717, 1.165) is 24.3 Å². The minimum absolute atomic E-state index is 0.0579. The zero-order valence-electron chi connectivity index (χ0n) is 10.3. The summed E-state index contributed by atoms with van der Waals surface area (Å²) in [5, 5.41) is 22.5. The van der Waals surface area contributed by atoms with Gasteiger partial charge in [-0.15, -0.1) is 0 Å². The molecule has 0 spiro atoms. The van der Waals surface area contributed by atoms with E-state index >= 15 is 0 Å². The normalized spacial score (nSPS) is 10.2. The number of phenols is 1. The fourth-order valence-electron chi connectivity index (χ4n) is 1.61. The first-order valence-corrected chi connectivity index (χ1v) is 6.00. The van der Waals surface area contributed by atoms with Crippen molar-refractivity contribution in [3.8, 4) is 5.75 Å². The summed E-state index contributed by atoms with van der Waals surface area (Å²) in [6.45, 7) is 0. The van der Waals surface area contributed by atoms with E-state index in [0.29, 0.717) is 0 Å². The molecule has 21 heavy (non-hydrogen) atoms. The lowest BCUT2D eigenvalue weighted by molar-refractivity contribution is -0.385. The van der Waals surface area contributed by atoms with Crippen molar-refractivity contribution in [2.45, 2.75) is 0 Å². The molecule has 8 heteroatoms. The number of hydrogen-bond acceptors (Lipinski definition) is 4. The Bertz CT molecular complexity index is 736. The highest BCUT2D eigenvalue weighted by Gasteiger charge is 2.17. The SMILES string of the molecule is O=C(Nc1cc(Cl)ccc1F)c1ccc([N+](=O)[O-])c(O)c1. The number of rotatable bonds is 3. The van der Waals surface area contributed by atoms with E-state index in [1.165, 1.54) is 12.1 Å². The molecule has 0 aliphatic heterocycles. The number of halogens is 2. The maximum Gasteiger partial charge on any atom is 0.310 e. The van der Waals surface area contributed by atoms with E-state index in [4.69, 9.17) is 11.6 Å². The quantitative estimate of drug-likeness (QED) is 0.671. The molecule has 108 valence electrons. The van der Waals surface area contributed by atoms with Crippen molar-refractivity contribution in [1.82, 2.24) is 0 Å². The van der Waals surface area contributed by atoms with Gasteiger partial charge in [-0.05, 0) is 30.3 Å². The van der Waals surface area contributed by atoms with Crippen LogP contribution in [0.1, 0.15) is 10.4 Å². The van der Waals surface area contributed by atoms with E-state index < -0.39 is 28.1 Å². The summed E-state index contributed by atoms with van der Waals surface area (Å²) in [6.07, 6.45) is 0. The van der Waals surface area contributed by atoms with Gasteiger partial charge in [0, 0.05) is 16.7 Å². The molecule has 0 saturated heterocycles. The molecule has 0 aliphatic rings. The second-order valence-corrected chi connectivity index (χ2v) is 4.48. The van der Waals surface area contributed by atoms with E-state index in [2.05, 4.69) is 5.32 Å². The van der Waals surface area contributed by atoms with E-state index in [1.807, 2.05) is 0 Å². The Balaban J connectivity index is 2.26. The van der Waals surface area contributed by atoms with Gasteiger partial charge in [-0.25, -0.2) is 4.39 Å². The maximum atomic E-state index is 13.5. The summed E-state index contributed by atoms with van der Waals surface area (Å²) < 4.78 is 13.5. The van der Waals surface area contributed by atoms with E-state index in [9.17, 15) is 24.4 Å². The summed E-state index contributed by atoms with van der Waals surface area (Å²) in [5.41, 5.74) is -0.719. The maximum absolute atomic E-state index is 13.5. The fraction of sp³-hybridized carbons (Fsp3) is 0. The van der Waals surface area contributed by atoms with Crippen LogP contribution in [0.25, 0.3) is 0 Å². The molecule has 2 aromatic carbocycles. The molecule has 6 nitrogen and oxygen atoms in total. The van der Waals surface area contributed by atoms with E-state index in [1.54, 1.807) is 0 Å². The van der Waals surface area contributed by atoms with Gasteiger partial charge in [-0.1, -0.05) is 11.6 Å². The standard InChI is InChI=1S/C13H8ClFN2O4/c14-8-2-3-9(15)10(6-8)16-13(19)7-1-4-11(17(20)21)12(18)5-7/h1-6,18H,(H,16,19). The first-order valence-electron chi connectivity index (χ1n) is 5.62. The van der Waals surface area contributed by atoms with Crippen molar-refractivity contribution in [3.05, 3.63) is 62.9 Å². The fourth-order valence-corrected chi connectivity index (χ4v) is 1.78. The minimum atomic E-state index is -0.784. The van der Waals surface area contributed by atoms with Crippen LogP contribution in [0, 0.1) is 15.9 Å². The highest BCUT2D eigenvalue weighted by molar-refractivity contribution is 6.31. The lowest BCUT2D eigenvalue weighted by Gasteiger charge is -2.07. The molecule has 0 atom stereocenters. The molecule has 2 rings (SSSR count). The second kappa shape index (κ2) is 5.76. The third-order valence-electron chi connectivity index (χ3n) is 2.61.